The smallest absolute Gasteiger partial charge is 0.307 e. The number of aromatic hydroxyl groups is 1. The van der Waals surface area contributed by atoms with Gasteiger partial charge >= 0.3 is 5.97 Å². The topological polar surface area (TPSA) is 63.8 Å². The first-order valence-electron chi connectivity index (χ1n) is 7.53. The molecule has 7 heteroatoms. The van der Waals surface area contributed by atoms with Gasteiger partial charge < -0.3 is 9.84 Å². The van der Waals surface area contributed by atoms with Crippen LogP contribution in [0, 0.1) is 3.95 Å². The lowest BCUT2D eigenvalue weighted by Gasteiger charge is -2.04. The van der Waals surface area contributed by atoms with Gasteiger partial charge in [0.05, 0.1) is 23.6 Å². The van der Waals surface area contributed by atoms with E-state index >= 15 is 0 Å². The largest absolute Gasteiger partial charge is 0.493 e. The first kappa shape index (κ1) is 16.6. The third-order valence-electron chi connectivity index (χ3n) is 3.58. The summed E-state index contributed by atoms with van der Waals surface area (Å²) in [6.45, 7) is 2.40. The van der Waals surface area contributed by atoms with E-state index in [0.29, 0.717) is 22.0 Å². The maximum absolute atomic E-state index is 11.5. The van der Waals surface area contributed by atoms with Crippen molar-refractivity contribution in [2.45, 2.75) is 19.9 Å². The van der Waals surface area contributed by atoms with Crippen LogP contribution in [0.3, 0.4) is 0 Å². The number of carbonyl (C=O) groups is 1. The van der Waals surface area contributed by atoms with Gasteiger partial charge in [0, 0.05) is 23.9 Å². The van der Waals surface area contributed by atoms with E-state index in [1.54, 1.807) is 17.7 Å². The van der Waals surface area contributed by atoms with Crippen molar-refractivity contribution in [2.24, 2.45) is 4.99 Å². The van der Waals surface area contributed by atoms with Crippen molar-refractivity contribution in [1.29, 1.82) is 0 Å². The van der Waals surface area contributed by atoms with Gasteiger partial charge in [-0.15, -0.1) is 11.3 Å². The van der Waals surface area contributed by atoms with Crippen molar-refractivity contribution < 1.29 is 14.6 Å². The zero-order chi connectivity index (χ0) is 17.1. The Morgan fingerprint density at radius 3 is 3.04 bits per heavy atom. The van der Waals surface area contributed by atoms with Gasteiger partial charge in [-0.25, -0.2) is 0 Å². The molecule has 0 aliphatic carbocycles. The molecule has 1 aliphatic rings. The first-order chi connectivity index (χ1) is 11.6. The number of allylic oxidation sites excluding steroid dienone is 1. The number of ether oxygens (including phenoxy) is 1. The lowest BCUT2D eigenvalue weighted by atomic mass is 10.1. The van der Waals surface area contributed by atoms with Crippen molar-refractivity contribution in [3.05, 3.63) is 38.7 Å². The number of esters is 1. The molecule has 1 aliphatic heterocycles. The highest BCUT2D eigenvalue weighted by Crippen LogP contribution is 2.35. The number of carbonyl (C=O) groups excluding carboxylic acids is 1. The fourth-order valence-corrected chi connectivity index (χ4v) is 3.75. The van der Waals surface area contributed by atoms with E-state index in [-0.39, 0.29) is 18.3 Å². The molecular weight excluding hydrogens is 344 g/mol. The third-order valence-corrected chi connectivity index (χ3v) is 4.97. The summed E-state index contributed by atoms with van der Waals surface area (Å²) in [4.78, 5) is 16.5. The van der Waals surface area contributed by atoms with E-state index in [0.717, 1.165) is 16.8 Å². The Morgan fingerprint density at radius 2 is 2.25 bits per heavy atom. The summed E-state index contributed by atoms with van der Waals surface area (Å²) < 4.78 is 6.98. The van der Waals surface area contributed by atoms with Gasteiger partial charge in [-0.3, -0.25) is 14.4 Å². The van der Waals surface area contributed by atoms with Gasteiger partial charge in [-0.05, 0) is 31.3 Å². The lowest BCUT2D eigenvalue weighted by molar-refractivity contribution is -0.143. The highest BCUT2D eigenvalue weighted by atomic mass is 32.1. The fourth-order valence-electron chi connectivity index (χ4n) is 2.44. The Bertz CT molecular complexity index is 893. The molecule has 2 aromatic rings. The van der Waals surface area contributed by atoms with Gasteiger partial charge in [0.1, 0.15) is 0 Å². The minimum absolute atomic E-state index is 0.0691. The molecule has 2 heterocycles. The molecule has 0 saturated heterocycles. The monoisotopic (exact) mass is 360 g/mol. The summed E-state index contributed by atoms with van der Waals surface area (Å²) in [6.07, 6.45) is 3.81. The maximum atomic E-state index is 11.5. The summed E-state index contributed by atoms with van der Waals surface area (Å²) in [5.41, 5.74) is 2.86. The van der Waals surface area contributed by atoms with Crippen LogP contribution in [0.15, 0.2) is 29.3 Å². The second-order valence-electron chi connectivity index (χ2n) is 5.14. The van der Waals surface area contributed by atoms with Crippen LogP contribution in [0.2, 0.25) is 0 Å². The Morgan fingerprint density at radius 1 is 1.46 bits per heavy atom. The number of benzene rings is 1. The van der Waals surface area contributed by atoms with Crippen LogP contribution in [-0.4, -0.2) is 28.5 Å². The normalized spacial score (nSPS) is 14.1. The second kappa shape index (κ2) is 7.11. The minimum Gasteiger partial charge on any atom is -0.493 e. The van der Waals surface area contributed by atoms with Gasteiger partial charge in [-0.2, -0.15) is 0 Å². The number of nitrogens with zero attached hydrogens (tertiary/aromatic N) is 2. The predicted molar refractivity (Wildman–Crippen MR) is 98.5 cm³/mol. The molecule has 0 fully saturated rings. The summed E-state index contributed by atoms with van der Waals surface area (Å²) in [6, 6.07) is 7.82. The standard InChI is InChI=1S/C17H16N2O3S2/c1-2-22-15(20)7-8-19-16(21)14(24-17(19)23)9-11-10-18-13-6-4-3-5-12(11)13/h3-6,9-10,21H,2,7-8H2,1H3/b11-9+. The van der Waals surface area contributed by atoms with Crippen molar-refractivity contribution in [1.82, 2.24) is 4.57 Å². The van der Waals surface area contributed by atoms with Crippen LogP contribution < -0.4 is 0 Å². The Labute approximate surface area is 148 Å². The number of para-hydroxylation sites is 1. The number of fused-ring (bicyclic) bond motifs is 1. The zero-order valence-electron chi connectivity index (χ0n) is 13.1. The van der Waals surface area contributed by atoms with Gasteiger partial charge in [0.25, 0.3) is 0 Å². The minimum atomic E-state index is -0.304. The van der Waals surface area contributed by atoms with Crippen LogP contribution in [0.1, 0.15) is 23.8 Å². The quantitative estimate of drug-likeness (QED) is 0.641. The SMILES string of the molecule is CCOC(=O)CCn1c(O)c(/C=C2\C=Nc3ccccc32)sc1=S. The molecule has 1 aromatic carbocycles. The summed E-state index contributed by atoms with van der Waals surface area (Å²) in [5.74, 6) is -0.235. The number of aromatic nitrogens is 1. The molecule has 0 bridgehead atoms. The summed E-state index contributed by atoms with van der Waals surface area (Å²) in [5, 5.41) is 10.4. The molecule has 5 nitrogen and oxygen atoms in total. The van der Waals surface area contributed by atoms with E-state index in [9.17, 15) is 9.90 Å². The molecule has 1 aromatic heterocycles. The fraction of sp³-hybridized carbons (Fsp3) is 0.235. The number of rotatable bonds is 5. The predicted octanol–water partition coefficient (Wildman–Crippen LogP) is 4.19. The van der Waals surface area contributed by atoms with Crippen LogP contribution in [0.25, 0.3) is 11.6 Å². The Balaban J connectivity index is 1.85. The molecule has 0 unspecified atom stereocenters. The van der Waals surface area contributed by atoms with Crippen LogP contribution >= 0.6 is 23.6 Å². The average molecular weight is 360 g/mol. The van der Waals surface area contributed by atoms with Crippen LogP contribution in [-0.2, 0) is 16.1 Å². The molecule has 3 rings (SSSR count). The van der Waals surface area contributed by atoms with E-state index in [1.807, 2.05) is 30.3 Å². The van der Waals surface area contributed by atoms with Gasteiger partial charge in [-0.1, -0.05) is 18.2 Å². The van der Waals surface area contributed by atoms with Crippen molar-refractivity contribution >= 4 is 53.1 Å². The zero-order valence-corrected chi connectivity index (χ0v) is 14.7. The highest BCUT2D eigenvalue weighted by Gasteiger charge is 2.15. The molecule has 24 heavy (non-hydrogen) atoms. The number of thiazole rings is 1. The van der Waals surface area contributed by atoms with E-state index in [4.69, 9.17) is 17.0 Å². The van der Waals surface area contributed by atoms with Crippen molar-refractivity contribution in [3.8, 4) is 5.88 Å². The molecule has 0 saturated carbocycles. The Hall–Kier alpha value is -2.25. The molecular formula is C17H16N2O3S2. The average Bonchev–Trinajstić information content (AvgIpc) is 3.08. The summed E-state index contributed by atoms with van der Waals surface area (Å²) in [7, 11) is 0. The lowest BCUT2D eigenvalue weighted by Crippen LogP contribution is -2.08. The number of aliphatic imine (C=N–C) groups is 1. The first-order valence-corrected chi connectivity index (χ1v) is 8.76. The maximum Gasteiger partial charge on any atom is 0.307 e. The molecule has 0 radical (unpaired) electrons. The third kappa shape index (κ3) is 3.32. The molecule has 0 spiro atoms. The molecule has 124 valence electrons. The van der Waals surface area contributed by atoms with Crippen molar-refractivity contribution in [3.63, 3.8) is 0 Å². The van der Waals surface area contributed by atoms with Crippen LogP contribution in [0.5, 0.6) is 5.88 Å². The van der Waals surface area contributed by atoms with Gasteiger partial charge in [0.2, 0.25) is 5.88 Å². The highest BCUT2D eigenvalue weighted by molar-refractivity contribution is 7.73. The van der Waals surface area contributed by atoms with Gasteiger partial charge in [0.15, 0.2) is 3.95 Å². The van der Waals surface area contributed by atoms with E-state index in [1.165, 1.54) is 11.3 Å². The van der Waals surface area contributed by atoms with Crippen LogP contribution in [0.4, 0.5) is 5.69 Å². The second-order valence-corrected chi connectivity index (χ2v) is 6.81. The van der Waals surface area contributed by atoms with E-state index < -0.39 is 0 Å². The number of hydrogen-bond donors (Lipinski definition) is 1. The molecule has 0 amide bonds. The Kier molecular flexibility index (Phi) is 4.92. The molecule has 0 atom stereocenters. The number of hydrogen-bond acceptors (Lipinski definition) is 6. The van der Waals surface area contributed by atoms with Crippen molar-refractivity contribution in [2.75, 3.05) is 6.61 Å². The molecule has 1 N–H and O–H groups in total. The summed E-state index contributed by atoms with van der Waals surface area (Å²) >= 11 is 6.61. The van der Waals surface area contributed by atoms with E-state index in [2.05, 4.69) is 4.99 Å².